The molecule has 1 N–H and O–H groups in total. The maximum atomic E-state index is 11.1. The number of fused-ring (bicyclic) bond motifs is 1. The zero-order valence-corrected chi connectivity index (χ0v) is 10.2. The van der Waals surface area contributed by atoms with Crippen LogP contribution in [0.2, 0.25) is 0 Å². The molecule has 90 valence electrons. The fraction of sp³-hybridized carbons (Fsp3) is 0.176. The second kappa shape index (κ2) is 4.43. The molecule has 0 aromatic heterocycles. The van der Waals surface area contributed by atoms with Gasteiger partial charge in [0.05, 0.1) is 0 Å². The summed E-state index contributed by atoms with van der Waals surface area (Å²) in [5, 5.41) is 11.1. The lowest BCUT2D eigenvalue weighted by molar-refractivity contribution is 0.134. The van der Waals surface area contributed by atoms with Crippen LogP contribution >= 0.6 is 0 Å². The van der Waals surface area contributed by atoms with E-state index in [4.69, 9.17) is 0 Å². The predicted octanol–water partition coefficient (Wildman–Crippen LogP) is 3.42. The van der Waals surface area contributed by atoms with Gasteiger partial charge in [0.1, 0.15) is 5.60 Å². The Balaban J connectivity index is 2.22. The van der Waals surface area contributed by atoms with E-state index in [2.05, 4.69) is 12.1 Å². The molecule has 1 atom stereocenters. The van der Waals surface area contributed by atoms with Crippen molar-refractivity contribution in [3.63, 3.8) is 0 Å². The van der Waals surface area contributed by atoms with Gasteiger partial charge in [-0.1, -0.05) is 60.7 Å². The normalized spacial score (nSPS) is 22.3. The van der Waals surface area contributed by atoms with Crippen molar-refractivity contribution in [2.75, 3.05) is 0 Å². The van der Waals surface area contributed by atoms with Gasteiger partial charge in [0.15, 0.2) is 0 Å². The number of rotatable bonds is 1. The largest absolute Gasteiger partial charge is 0.377 e. The highest BCUT2D eigenvalue weighted by atomic mass is 16.3. The summed E-state index contributed by atoms with van der Waals surface area (Å²) in [5.41, 5.74) is 2.17. The molecule has 3 rings (SSSR count). The van der Waals surface area contributed by atoms with Gasteiger partial charge in [0.2, 0.25) is 0 Å². The summed E-state index contributed by atoms with van der Waals surface area (Å²) in [6.45, 7) is 0. The topological polar surface area (TPSA) is 20.2 Å². The molecule has 0 amide bonds. The lowest BCUT2D eigenvalue weighted by atomic mass is 9.84. The van der Waals surface area contributed by atoms with E-state index < -0.39 is 5.60 Å². The Hall–Kier alpha value is -1.86. The lowest BCUT2D eigenvalue weighted by Crippen LogP contribution is -2.25. The number of allylic oxidation sites excluding steroid dienone is 1. The molecule has 1 unspecified atom stereocenters. The second-order valence-electron chi connectivity index (χ2n) is 4.73. The number of hydrogen-bond donors (Lipinski definition) is 1. The highest BCUT2D eigenvalue weighted by Crippen LogP contribution is 2.35. The van der Waals surface area contributed by atoms with Crippen molar-refractivity contribution in [2.24, 2.45) is 0 Å². The van der Waals surface area contributed by atoms with Gasteiger partial charge in [-0.2, -0.15) is 0 Å². The van der Waals surface area contributed by atoms with Crippen molar-refractivity contribution in [2.45, 2.75) is 18.4 Å². The minimum Gasteiger partial charge on any atom is -0.377 e. The molecule has 0 aliphatic heterocycles. The van der Waals surface area contributed by atoms with Gasteiger partial charge in [-0.15, -0.1) is 0 Å². The number of aliphatic hydroxyl groups is 1. The van der Waals surface area contributed by atoms with Gasteiger partial charge in [0, 0.05) is 0 Å². The molecule has 0 saturated heterocycles. The summed E-state index contributed by atoms with van der Waals surface area (Å²) >= 11 is 0. The molecular weight excluding hydrogens is 220 g/mol. The van der Waals surface area contributed by atoms with E-state index >= 15 is 0 Å². The van der Waals surface area contributed by atoms with E-state index in [1.807, 2.05) is 54.6 Å². The molecular formula is C17H16O. The molecule has 2 aromatic carbocycles. The minimum absolute atomic E-state index is 0.926. The van der Waals surface area contributed by atoms with E-state index in [-0.39, 0.29) is 0 Å². The molecule has 0 spiro atoms. The molecule has 0 saturated carbocycles. The van der Waals surface area contributed by atoms with E-state index in [9.17, 15) is 5.11 Å². The van der Waals surface area contributed by atoms with Crippen molar-refractivity contribution >= 4 is 0 Å². The van der Waals surface area contributed by atoms with Crippen molar-refractivity contribution in [3.8, 4) is 0 Å². The maximum absolute atomic E-state index is 11.1. The van der Waals surface area contributed by atoms with E-state index in [1.54, 1.807) is 0 Å². The highest BCUT2D eigenvalue weighted by Gasteiger charge is 2.31. The molecule has 1 nitrogen and oxygen atoms in total. The lowest BCUT2D eigenvalue weighted by Gasteiger charge is -2.27. The molecule has 2 aromatic rings. The Bertz CT molecular complexity index is 571. The minimum atomic E-state index is -0.992. The van der Waals surface area contributed by atoms with Crippen LogP contribution in [0.5, 0.6) is 0 Å². The highest BCUT2D eigenvalue weighted by molar-refractivity contribution is 5.46. The molecule has 0 bridgehead atoms. The van der Waals surface area contributed by atoms with Crippen LogP contribution in [0.3, 0.4) is 0 Å². The average molecular weight is 236 g/mol. The Morgan fingerprint density at radius 3 is 2.44 bits per heavy atom. The van der Waals surface area contributed by atoms with Gasteiger partial charge in [-0.25, -0.2) is 0 Å². The Morgan fingerprint density at radius 2 is 1.61 bits per heavy atom. The number of aryl methyl sites for hydroxylation is 1. The Kier molecular flexibility index (Phi) is 2.77. The molecule has 0 fully saturated rings. The SMILES string of the molecule is OC1(c2ccccc2)C=CCCc2ccccc21. The summed E-state index contributed by atoms with van der Waals surface area (Å²) in [6, 6.07) is 18.0. The van der Waals surface area contributed by atoms with Crippen molar-refractivity contribution in [1.29, 1.82) is 0 Å². The number of hydrogen-bond acceptors (Lipinski definition) is 1. The van der Waals surface area contributed by atoms with Gasteiger partial charge >= 0.3 is 0 Å². The zero-order valence-electron chi connectivity index (χ0n) is 10.2. The van der Waals surface area contributed by atoms with Crippen LogP contribution in [0.4, 0.5) is 0 Å². The third-order valence-electron chi connectivity index (χ3n) is 3.58. The Labute approximate surface area is 107 Å². The fourth-order valence-electron chi connectivity index (χ4n) is 2.64. The zero-order chi connectivity index (χ0) is 12.4. The van der Waals surface area contributed by atoms with Crippen LogP contribution in [-0.2, 0) is 12.0 Å². The molecule has 0 radical (unpaired) electrons. The smallest absolute Gasteiger partial charge is 0.133 e. The predicted molar refractivity (Wildman–Crippen MR) is 73.3 cm³/mol. The first-order valence-corrected chi connectivity index (χ1v) is 6.35. The monoisotopic (exact) mass is 236 g/mol. The van der Waals surface area contributed by atoms with Gasteiger partial charge in [0.25, 0.3) is 0 Å². The number of benzene rings is 2. The van der Waals surface area contributed by atoms with Crippen LogP contribution < -0.4 is 0 Å². The van der Waals surface area contributed by atoms with Crippen molar-refractivity contribution < 1.29 is 5.11 Å². The van der Waals surface area contributed by atoms with Gasteiger partial charge in [-0.05, 0) is 35.6 Å². The third kappa shape index (κ3) is 1.77. The first-order valence-electron chi connectivity index (χ1n) is 6.35. The summed E-state index contributed by atoms with van der Waals surface area (Å²) in [7, 11) is 0. The summed E-state index contributed by atoms with van der Waals surface area (Å²) in [5.74, 6) is 0. The fourth-order valence-corrected chi connectivity index (χ4v) is 2.64. The second-order valence-corrected chi connectivity index (χ2v) is 4.73. The average Bonchev–Trinajstić information content (AvgIpc) is 2.61. The van der Waals surface area contributed by atoms with Crippen LogP contribution in [0.15, 0.2) is 66.7 Å². The van der Waals surface area contributed by atoms with Gasteiger partial charge in [-0.3, -0.25) is 0 Å². The first-order chi connectivity index (χ1) is 8.81. The van der Waals surface area contributed by atoms with E-state index in [0.717, 1.165) is 24.0 Å². The van der Waals surface area contributed by atoms with E-state index in [0.29, 0.717) is 0 Å². The first kappa shape index (κ1) is 11.2. The van der Waals surface area contributed by atoms with Crippen LogP contribution in [-0.4, -0.2) is 5.11 Å². The summed E-state index contributed by atoms with van der Waals surface area (Å²) in [6.07, 6.45) is 5.97. The molecule has 1 aliphatic rings. The third-order valence-corrected chi connectivity index (χ3v) is 3.58. The quantitative estimate of drug-likeness (QED) is 0.752. The van der Waals surface area contributed by atoms with Gasteiger partial charge < -0.3 is 5.11 Å². The molecule has 18 heavy (non-hydrogen) atoms. The van der Waals surface area contributed by atoms with Crippen LogP contribution in [0.1, 0.15) is 23.1 Å². The molecule has 1 heteroatoms. The van der Waals surface area contributed by atoms with Crippen LogP contribution in [0.25, 0.3) is 0 Å². The van der Waals surface area contributed by atoms with Crippen LogP contribution in [0, 0.1) is 0 Å². The van der Waals surface area contributed by atoms with E-state index in [1.165, 1.54) is 5.56 Å². The van der Waals surface area contributed by atoms with Crippen molar-refractivity contribution in [1.82, 2.24) is 0 Å². The molecule has 0 heterocycles. The standard InChI is InChI=1S/C17H16O/c18-17(15-10-2-1-3-11-15)13-7-6-9-14-8-4-5-12-16(14)17/h1-5,7-8,10-13,18H,6,9H2. The summed E-state index contributed by atoms with van der Waals surface area (Å²) < 4.78 is 0. The summed E-state index contributed by atoms with van der Waals surface area (Å²) in [4.78, 5) is 0. The Morgan fingerprint density at radius 1 is 0.889 bits per heavy atom. The molecule has 1 aliphatic carbocycles. The maximum Gasteiger partial charge on any atom is 0.133 e. The van der Waals surface area contributed by atoms with Crippen molar-refractivity contribution in [3.05, 3.63) is 83.4 Å².